The SMILES string of the molecule is CCCOC(=O)C1CCC(CC(Cl)C2CCC(C(=O)OCCC)CC2)CC1. The van der Waals surface area contributed by atoms with E-state index in [4.69, 9.17) is 21.1 Å². The Morgan fingerprint density at radius 2 is 1.26 bits per heavy atom. The second-order valence-corrected chi connectivity index (χ2v) is 8.98. The van der Waals surface area contributed by atoms with Crippen molar-refractivity contribution in [3.05, 3.63) is 0 Å². The summed E-state index contributed by atoms with van der Waals surface area (Å²) in [7, 11) is 0. The molecule has 0 aliphatic heterocycles. The molecule has 2 saturated carbocycles. The lowest BCUT2D eigenvalue weighted by molar-refractivity contribution is -0.151. The van der Waals surface area contributed by atoms with E-state index >= 15 is 0 Å². The molecular weight excluding hydrogens is 364 g/mol. The first kappa shape index (κ1) is 22.5. The smallest absolute Gasteiger partial charge is 0.308 e. The van der Waals surface area contributed by atoms with Gasteiger partial charge in [-0.25, -0.2) is 0 Å². The third-order valence-corrected chi connectivity index (χ3v) is 6.79. The van der Waals surface area contributed by atoms with E-state index < -0.39 is 0 Å². The number of esters is 2. The first-order valence-electron chi connectivity index (χ1n) is 11.0. The molecule has 2 fully saturated rings. The highest BCUT2D eigenvalue weighted by Crippen LogP contribution is 2.39. The van der Waals surface area contributed by atoms with Gasteiger partial charge in [0.1, 0.15) is 0 Å². The molecule has 2 aliphatic carbocycles. The van der Waals surface area contributed by atoms with Crippen LogP contribution in [0, 0.1) is 23.7 Å². The standard InChI is InChI=1S/C22H37ClO4/c1-3-13-26-21(24)18-7-5-16(6-8-18)15-20(23)17-9-11-19(12-10-17)22(25)27-14-4-2/h16-20H,3-15H2,1-2H3. The fraction of sp³-hybridized carbons (Fsp3) is 0.909. The topological polar surface area (TPSA) is 52.6 Å². The Morgan fingerprint density at radius 3 is 1.70 bits per heavy atom. The number of hydrogen-bond acceptors (Lipinski definition) is 4. The number of carbonyl (C=O) groups excluding carboxylic acids is 2. The zero-order valence-corrected chi connectivity index (χ0v) is 17.8. The molecule has 0 aromatic carbocycles. The molecule has 0 heterocycles. The average Bonchev–Trinajstić information content (AvgIpc) is 2.70. The van der Waals surface area contributed by atoms with E-state index in [1.165, 1.54) is 0 Å². The van der Waals surface area contributed by atoms with E-state index in [1.54, 1.807) is 0 Å². The Balaban J connectivity index is 1.66. The molecule has 2 rings (SSSR count). The van der Waals surface area contributed by atoms with Gasteiger partial charge in [0.2, 0.25) is 0 Å². The lowest BCUT2D eigenvalue weighted by Gasteiger charge is -2.33. The molecule has 0 aromatic rings. The molecule has 2 aliphatic rings. The molecule has 0 saturated heterocycles. The van der Waals surface area contributed by atoms with Crippen LogP contribution in [-0.2, 0) is 19.1 Å². The van der Waals surface area contributed by atoms with Crippen LogP contribution in [0.15, 0.2) is 0 Å². The van der Waals surface area contributed by atoms with Gasteiger partial charge in [0.25, 0.3) is 0 Å². The summed E-state index contributed by atoms with van der Waals surface area (Å²) in [5.74, 6) is 1.26. The quantitative estimate of drug-likeness (QED) is 0.378. The molecule has 27 heavy (non-hydrogen) atoms. The summed E-state index contributed by atoms with van der Waals surface area (Å²) in [4.78, 5) is 24.0. The van der Waals surface area contributed by atoms with Crippen LogP contribution < -0.4 is 0 Å². The van der Waals surface area contributed by atoms with Crippen molar-refractivity contribution in [1.82, 2.24) is 0 Å². The number of hydrogen-bond donors (Lipinski definition) is 0. The van der Waals surface area contributed by atoms with Crippen molar-refractivity contribution in [1.29, 1.82) is 0 Å². The highest BCUT2D eigenvalue weighted by molar-refractivity contribution is 6.20. The fourth-order valence-corrected chi connectivity index (χ4v) is 5.01. The molecule has 0 aromatic heterocycles. The van der Waals surface area contributed by atoms with Crippen molar-refractivity contribution in [2.24, 2.45) is 23.7 Å². The van der Waals surface area contributed by atoms with Crippen molar-refractivity contribution < 1.29 is 19.1 Å². The van der Waals surface area contributed by atoms with Gasteiger partial charge in [-0.05, 0) is 82.5 Å². The normalized spacial score (nSPS) is 29.7. The van der Waals surface area contributed by atoms with Crippen LogP contribution in [0.5, 0.6) is 0 Å². The maximum atomic E-state index is 12.0. The minimum Gasteiger partial charge on any atom is -0.465 e. The van der Waals surface area contributed by atoms with Crippen molar-refractivity contribution >= 4 is 23.5 Å². The van der Waals surface area contributed by atoms with Crippen LogP contribution in [0.1, 0.15) is 84.5 Å². The van der Waals surface area contributed by atoms with Gasteiger partial charge in [-0.1, -0.05) is 13.8 Å². The van der Waals surface area contributed by atoms with E-state index in [0.717, 1.165) is 70.6 Å². The van der Waals surface area contributed by atoms with Crippen molar-refractivity contribution in [3.8, 4) is 0 Å². The number of rotatable bonds is 9. The monoisotopic (exact) mass is 400 g/mol. The molecule has 1 unspecified atom stereocenters. The fourth-order valence-electron chi connectivity index (χ4n) is 4.50. The second kappa shape index (κ2) is 11.9. The average molecular weight is 401 g/mol. The minimum atomic E-state index is -0.0188. The zero-order valence-electron chi connectivity index (χ0n) is 17.1. The molecule has 5 heteroatoms. The molecule has 0 N–H and O–H groups in total. The molecule has 0 spiro atoms. The predicted octanol–water partition coefficient (Wildman–Crippen LogP) is 5.50. The Bertz CT molecular complexity index is 451. The third-order valence-electron chi connectivity index (χ3n) is 6.25. The Hall–Kier alpha value is -0.770. The van der Waals surface area contributed by atoms with Gasteiger partial charge in [-0.15, -0.1) is 11.6 Å². The third kappa shape index (κ3) is 7.29. The van der Waals surface area contributed by atoms with E-state index in [-0.39, 0.29) is 29.2 Å². The van der Waals surface area contributed by atoms with Gasteiger partial charge in [0.05, 0.1) is 25.0 Å². The first-order valence-corrected chi connectivity index (χ1v) is 11.5. The van der Waals surface area contributed by atoms with Crippen LogP contribution in [0.3, 0.4) is 0 Å². The summed E-state index contributed by atoms with van der Waals surface area (Å²) in [5.41, 5.74) is 0. The van der Waals surface area contributed by atoms with Gasteiger partial charge in [-0.2, -0.15) is 0 Å². The summed E-state index contributed by atoms with van der Waals surface area (Å²) >= 11 is 6.76. The van der Waals surface area contributed by atoms with Crippen LogP contribution >= 0.6 is 11.6 Å². The summed E-state index contributed by atoms with van der Waals surface area (Å²) in [6, 6.07) is 0. The van der Waals surface area contributed by atoms with Crippen LogP contribution in [0.2, 0.25) is 0 Å². The number of ether oxygens (including phenoxy) is 2. The number of alkyl halides is 1. The van der Waals surface area contributed by atoms with Crippen molar-refractivity contribution in [3.63, 3.8) is 0 Å². The van der Waals surface area contributed by atoms with Crippen LogP contribution in [-0.4, -0.2) is 30.5 Å². The molecule has 0 bridgehead atoms. The Kier molecular flexibility index (Phi) is 9.95. The van der Waals surface area contributed by atoms with Gasteiger partial charge in [0, 0.05) is 5.38 Å². The zero-order chi connectivity index (χ0) is 19.6. The maximum Gasteiger partial charge on any atom is 0.308 e. The van der Waals surface area contributed by atoms with Gasteiger partial charge in [-0.3, -0.25) is 9.59 Å². The van der Waals surface area contributed by atoms with E-state index in [0.29, 0.717) is 25.0 Å². The lowest BCUT2D eigenvalue weighted by Crippen LogP contribution is -2.30. The molecule has 156 valence electrons. The highest BCUT2D eigenvalue weighted by atomic mass is 35.5. The summed E-state index contributed by atoms with van der Waals surface area (Å²) in [6.07, 6.45) is 10.7. The lowest BCUT2D eigenvalue weighted by atomic mass is 9.75. The van der Waals surface area contributed by atoms with E-state index in [9.17, 15) is 9.59 Å². The summed E-state index contributed by atoms with van der Waals surface area (Å²) in [5, 5.41) is 0.186. The largest absolute Gasteiger partial charge is 0.465 e. The van der Waals surface area contributed by atoms with E-state index in [2.05, 4.69) is 0 Å². The maximum absolute atomic E-state index is 12.0. The second-order valence-electron chi connectivity index (χ2n) is 8.42. The van der Waals surface area contributed by atoms with Gasteiger partial charge in [0.15, 0.2) is 0 Å². The van der Waals surface area contributed by atoms with Crippen molar-refractivity contribution in [2.75, 3.05) is 13.2 Å². The Labute approximate surface area is 169 Å². The highest BCUT2D eigenvalue weighted by Gasteiger charge is 2.33. The molecule has 0 radical (unpaired) electrons. The molecule has 1 atom stereocenters. The predicted molar refractivity (Wildman–Crippen MR) is 108 cm³/mol. The summed E-state index contributed by atoms with van der Waals surface area (Å²) < 4.78 is 10.6. The molecular formula is C22H37ClO4. The minimum absolute atomic E-state index is 0.00833. The van der Waals surface area contributed by atoms with Crippen LogP contribution in [0.4, 0.5) is 0 Å². The summed E-state index contributed by atoms with van der Waals surface area (Å²) in [6.45, 7) is 5.11. The Morgan fingerprint density at radius 1 is 0.815 bits per heavy atom. The van der Waals surface area contributed by atoms with Crippen LogP contribution in [0.25, 0.3) is 0 Å². The van der Waals surface area contributed by atoms with Crippen molar-refractivity contribution in [2.45, 2.75) is 89.9 Å². The number of carbonyl (C=O) groups is 2. The molecule has 4 nitrogen and oxygen atoms in total. The number of halogens is 1. The molecule has 0 amide bonds. The first-order chi connectivity index (χ1) is 13.0. The van der Waals surface area contributed by atoms with Gasteiger partial charge < -0.3 is 9.47 Å². The van der Waals surface area contributed by atoms with Gasteiger partial charge >= 0.3 is 11.9 Å². The van der Waals surface area contributed by atoms with E-state index in [1.807, 2.05) is 13.8 Å².